The number of carboxylic acid groups (broad SMARTS) is 1. The molecule has 9 N–H and O–H groups in total. The monoisotopic (exact) mass is 1410 g/mol. The molecule has 0 saturated heterocycles. The number of hydrogen-bond acceptors (Lipinski definition) is 14. The van der Waals surface area contributed by atoms with Crippen LogP contribution in [0.3, 0.4) is 0 Å². The zero-order valence-corrected chi connectivity index (χ0v) is 61.7. The summed E-state index contributed by atoms with van der Waals surface area (Å²) in [5, 5.41) is 32.2. The van der Waals surface area contributed by atoms with E-state index in [1.807, 2.05) is 13.8 Å². The third-order valence-electron chi connectivity index (χ3n) is 12.1. The van der Waals surface area contributed by atoms with Crippen LogP contribution in [0.25, 0.3) is 21.8 Å². The van der Waals surface area contributed by atoms with Gasteiger partial charge in [-0.1, -0.05) is 149 Å². The van der Waals surface area contributed by atoms with Crippen LogP contribution in [0, 0.1) is 35.2 Å². The van der Waals surface area contributed by atoms with Gasteiger partial charge in [-0.15, -0.1) is 11.6 Å². The van der Waals surface area contributed by atoms with Crippen molar-refractivity contribution in [3.05, 3.63) is 164 Å². The number of benzene rings is 5. The second kappa shape index (κ2) is 47.2. The van der Waals surface area contributed by atoms with E-state index in [0.29, 0.717) is 77.1 Å². The van der Waals surface area contributed by atoms with Crippen LogP contribution < -0.4 is 136 Å². The number of Topliss-reactive ketones (excluding diaryl/α,β-unsaturated/α-hetero) is 2. The van der Waals surface area contributed by atoms with Crippen LogP contribution >= 0.6 is 46.4 Å². The van der Waals surface area contributed by atoms with Gasteiger partial charge in [-0.05, 0) is 85.1 Å². The summed E-state index contributed by atoms with van der Waals surface area (Å²) in [7, 11) is 0. The number of nitrogens with two attached hydrogens (primary N) is 3. The number of hydrogen-bond donors (Lipinski definition) is 6. The smallest absolute Gasteiger partial charge is 1.00 e. The number of ketones is 2. The van der Waals surface area contributed by atoms with E-state index < -0.39 is 41.1 Å². The molecule has 4 amide bonds. The molecule has 0 spiro atoms. The predicted molar refractivity (Wildman–Crippen MR) is 339 cm³/mol. The number of nitrogens with zero attached hydrogens (tertiary/aromatic N) is 5. The van der Waals surface area contributed by atoms with Gasteiger partial charge in [0.1, 0.15) is 42.1 Å². The minimum Gasteiger partial charge on any atom is -1.00 e. The van der Waals surface area contributed by atoms with Crippen LogP contribution in [0.2, 0.25) is 15.1 Å². The number of amides is 4. The van der Waals surface area contributed by atoms with Crippen LogP contribution in [-0.2, 0) is 66.1 Å². The average Bonchev–Trinajstić information content (AvgIpc) is 1.67. The molecule has 490 valence electrons. The number of aromatic nitrogens is 4. The summed E-state index contributed by atoms with van der Waals surface area (Å²) in [4.78, 5) is 94.2. The maximum atomic E-state index is 14.1. The first kappa shape index (κ1) is 87.3. The molecular formula is C62H75Cl4F3K2N10O11. The van der Waals surface area contributed by atoms with Gasteiger partial charge < -0.3 is 49.4 Å². The third-order valence-corrected chi connectivity index (χ3v) is 13.3. The Morgan fingerprint density at radius 3 is 1.47 bits per heavy atom. The van der Waals surface area contributed by atoms with E-state index in [9.17, 15) is 46.7 Å². The number of primary amides is 2. The molecule has 0 aliphatic rings. The number of aryl methyl sites for hydroxylation is 2. The molecule has 5 aromatic carbocycles. The summed E-state index contributed by atoms with van der Waals surface area (Å²) in [5.74, 6) is -3.37. The normalized spacial score (nSPS) is 10.2. The van der Waals surface area contributed by atoms with Crippen molar-refractivity contribution in [2.45, 2.75) is 86.9 Å². The van der Waals surface area contributed by atoms with Gasteiger partial charge in [-0.2, -0.15) is 10.2 Å². The van der Waals surface area contributed by atoms with E-state index in [4.69, 9.17) is 78.8 Å². The van der Waals surface area contributed by atoms with Gasteiger partial charge in [0.25, 0.3) is 18.3 Å². The molecule has 0 fully saturated rings. The molecule has 0 unspecified atom stereocenters. The number of fused-ring (bicyclic) bond motifs is 2. The van der Waals surface area contributed by atoms with Gasteiger partial charge >= 0.3 is 109 Å². The summed E-state index contributed by atoms with van der Waals surface area (Å²) in [6.45, 7) is 13.6. The van der Waals surface area contributed by atoms with Crippen molar-refractivity contribution < 1.29 is 171 Å². The molecule has 0 atom stereocenters. The number of carbonyl (C=O) groups is 8. The van der Waals surface area contributed by atoms with Crippen molar-refractivity contribution in [1.29, 1.82) is 0 Å². The number of alkyl halides is 1. The zero-order chi connectivity index (χ0) is 67.6. The van der Waals surface area contributed by atoms with Gasteiger partial charge in [0.2, 0.25) is 11.8 Å². The van der Waals surface area contributed by atoms with Crippen molar-refractivity contribution >= 4 is 116 Å². The third kappa shape index (κ3) is 32.2. The second-order valence-corrected chi connectivity index (χ2v) is 22.3. The first-order valence-corrected chi connectivity index (χ1v) is 29.6. The van der Waals surface area contributed by atoms with Gasteiger partial charge in [-0.3, -0.25) is 47.7 Å². The molecule has 21 nitrogen and oxygen atoms in total. The van der Waals surface area contributed by atoms with Gasteiger partial charge in [-0.25, -0.2) is 13.2 Å². The molecule has 2 heterocycles. The second-order valence-electron chi connectivity index (χ2n) is 20.8. The molecule has 0 bridgehead atoms. The standard InChI is InChI=1S/C23H25ClFN5O3.C14H19ClFNO.C10H9Cl2FO.C10H9N3O3.C4H11N.CH2O3.2K.H/c1-14(2)11-29(12-19(31)27-10-15-6-5-8-17(24)21(15)25)20(32)13-30-18-9-4-3-7-16(18)22(28-30)23(26)33;1-10(2)8-17-9-12(18)7-6-11-4-3-5-13(15)14(11)16;11-6-8(14)5-4-7-2-1-3-9(12)10(7)13;11-10(16)9-6-3-1-2-4-7(6)13(12-9)5-8(14)15;1-4(2)3-5;2-1-4-3;;;/h3-9,14H,10-13H2,1-2H3,(H2,26,33)(H,27,31);3-5,10,17H,6-9H2,1-2H3;1-3H,4-6H2;1-4H,5H2,(H2,11,16)(H,14,15);4H,3,5H2,1-2H3;1,3H;;;/q;;;;;;2*+1;-1/p-1. The quantitative estimate of drug-likeness (QED) is 0.0158. The summed E-state index contributed by atoms with van der Waals surface area (Å²) in [6.07, 6.45) is 1.33. The van der Waals surface area contributed by atoms with Crippen LogP contribution in [0.4, 0.5) is 13.2 Å². The maximum Gasteiger partial charge on any atom is 1.00 e. The van der Waals surface area contributed by atoms with Crippen LogP contribution in [0.5, 0.6) is 0 Å². The number of carboxylic acids is 1. The van der Waals surface area contributed by atoms with Crippen molar-refractivity contribution in [2.24, 2.45) is 35.0 Å². The minimum absolute atomic E-state index is 0. The van der Waals surface area contributed by atoms with E-state index in [1.165, 1.54) is 38.5 Å². The Hall–Kier alpha value is -4.70. The van der Waals surface area contributed by atoms with Crippen molar-refractivity contribution in [3.63, 3.8) is 0 Å². The maximum absolute atomic E-state index is 14.1. The Morgan fingerprint density at radius 2 is 1.08 bits per heavy atom. The Kier molecular flexibility index (Phi) is 44.8. The number of rotatable bonds is 25. The van der Waals surface area contributed by atoms with Crippen molar-refractivity contribution in [2.75, 3.05) is 38.6 Å². The molecule has 92 heavy (non-hydrogen) atoms. The number of para-hydroxylation sites is 2. The molecule has 7 aromatic rings. The first-order chi connectivity index (χ1) is 42.6. The number of aliphatic carboxylic acids is 1. The van der Waals surface area contributed by atoms with Crippen LogP contribution in [0.15, 0.2) is 103 Å². The number of carbonyl (C=O) groups excluding carboxylic acids is 7. The van der Waals surface area contributed by atoms with E-state index in [2.05, 4.69) is 53.4 Å². The van der Waals surface area contributed by atoms with Crippen molar-refractivity contribution in [1.82, 2.24) is 35.1 Å². The Balaban J connectivity index is 0. The van der Waals surface area contributed by atoms with Gasteiger partial charge in [0, 0.05) is 42.3 Å². The molecule has 0 radical (unpaired) electrons. The first-order valence-electron chi connectivity index (χ1n) is 27.9. The van der Waals surface area contributed by atoms with Gasteiger partial charge in [0.05, 0.1) is 45.1 Å². The van der Waals surface area contributed by atoms with Crippen molar-refractivity contribution in [3.8, 4) is 0 Å². The fourth-order valence-electron chi connectivity index (χ4n) is 7.71. The van der Waals surface area contributed by atoms with Crippen LogP contribution in [0.1, 0.15) is 93.5 Å². The molecule has 0 aliphatic carbocycles. The molecule has 0 saturated carbocycles. The zero-order valence-electron chi connectivity index (χ0n) is 53.5. The average molecular weight is 1410 g/mol. The summed E-state index contributed by atoms with van der Waals surface area (Å²) < 4.78 is 43.5. The topological polar surface area (TPSA) is 330 Å². The molecule has 0 aliphatic heterocycles. The SMILES string of the molecule is CC(C)CN.CC(C)CN(CC(=O)NCc1cccc(Cl)c1F)C(=O)Cn1nc(C(N)=O)c2ccccc21.CC(C)CNCC(=O)CCc1cccc(Cl)c1F.NC(=O)c1nn(CC(=O)O)c2ccccc12.O=C(CCl)CCc1cccc(Cl)c1F.O=CO[O-].[H-].[K+].[K+]. The Bertz CT molecular complexity index is 3520. The predicted octanol–water partition coefficient (Wildman–Crippen LogP) is 2.55. The number of nitrogens with one attached hydrogen (secondary N) is 2. The van der Waals surface area contributed by atoms with E-state index >= 15 is 0 Å². The fourth-order valence-corrected chi connectivity index (χ4v) is 8.42. The summed E-state index contributed by atoms with van der Waals surface area (Å²) in [5.41, 5.74) is 18.3. The molecule has 30 heteroatoms. The Morgan fingerprint density at radius 1 is 0.663 bits per heavy atom. The van der Waals surface area contributed by atoms with Crippen LogP contribution in [-0.4, -0.2) is 116 Å². The fraction of sp³-hybridized carbons (Fsp3) is 0.355. The van der Waals surface area contributed by atoms with E-state index in [0.717, 1.165) is 13.1 Å². The molecular weight excluding hydrogens is 1340 g/mol. The molecule has 2 aromatic heterocycles. The van der Waals surface area contributed by atoms with Gasteiger partial charge in [0.15, 0.2) is 11.4 Å². The van der Waals surface area contributed by atoms with E-state index in [-0.39, 0.29) is 205 Å². The Labute approximate surface area is 638 Å². The minimum atomic E-state index is -1.02. The largest absolute Gasteiger partial charge is 1.00 e. The molecule has 7 rings (SSSR count). The summed E-state index contributed by atoms with van der Waals surface area (Å²) >= 11 is 22.3. The van der Waals surface area contributed by atoms with E-state index in [1.54, 1.807) is 78.9 Å². The summed E-state index contributed by atoms with van der Waals surface area (Å²) in [6, 6.07) is 28.0. The number of halogens is 7.